The van der Waals surface area contributed by atoms with Crippen LogP contribution in [0, 0.1) is 6.92 Å². The number of hydrogen-bond acceptors (Lipinski definition) is 3. The summed E-state index contributed by atoms with van der Waals surface area (Å²) in [7, 11) is 1.91. The van der Waals surface area contributed by atoms with E-state index in [0.717, 1.165) is 21.2 Å². The highest BCUT2D eigenvalue weighted by Gasteiger charge is 2.09. The minimum atomic E-state index is -0.500. The van der Waals surface area contributed by atoms with E-state index in [4.69, 9.17) is 11.6 Å². The molecule has 0 saturated heterocycles. The lowest BCUT2D eigenvalue weighted by atomic mass is 10.1. The summed E-state index contributed by atoms with van der Waals surface area (Å²) in [6.07, 6.45) is -0.500. The molecule has 3 nitrogen and oxygen atoms in total. The number of rotatable bonds is 3. The Morgan fingerprint density at radius 2 is 2.11 bits per heavy atom. The predicted molar refractivity (Wildman–Crippen MR) is 74.2 cm³/mol. The van der Waals surface area contributed by atoms with Gasteiger partial charge >= 0.3 is 0 Å². The molecule has 0 aliphatic carbocycles. The standard InChI is InChI=1S/C13H15ClN2OS/c1-8-6-13(16(3)15-8)18-12-5-4-10(9(2)17)7-11(12)14/h4-7,9,17H,1-3H3. The molecule has 1 N–H and O–H groups in total. The fourth-order valence-electron chi connectivity index (χ4n) is 1.65. The minimum Gasteiger partial charge on any atom is -0.389 e. The molecule has 0 amide bonds. The zero-order chi connectivity index (χ0) is 13.3. The van der Waals surface area contributed by atoms with Crippen molar-refractivity contribution in [2.24, 2.45) is 7.05 Å². The van der Waals surface area contributed by atoms with Crippen molar-refractivity contribution in [3.05, 3.63) is 40.5 Å². The number of aliphatic hydroxyl groups excluding tert-OH is 1. The van der Waals surface area contributed by atoms with Crippen molar-refractivity contribution in [2.75, 3.05) is 0 Å². The summed E-state index contributed by atoms with van der Waals surface area (Å²) in [6.45, 7) is 3.69. The van der Waals surface area contributed by atoms with E-state index >= 15 is 0 Å². The molecule has 1 atom stereocenters. The number of halogens is 1. The van der Waals surface area contributed by atoms with E-state index in [1.165, 1.54) is 0 Å². The Morgan fingerprint density at radius 1 is 1.39 bits per heavy atom. The van der Waals surface area contributed by atoms with Crippen LogP contribution in [0.3, 0.4) is 0 Å². The predicted octanol–water partition coefficient (Wildman–Crippen LogP) is 3.59. The average molecular weight is 283 g/mol. The molecule has 5 heteroatoms. The third-order valence-electron chi connectivity index (χ3n) is 2.61. The minimum absolute atomic E-state index is 0.500. The third-order valence-corrected chi connectivity index (χ3v) is 4.20. The lowest BCUT2D eigenvalue weighted by Crippen LogP contribution is -1.93. The summed E-state index contributed by atoms with van der Waals surface area (Å²) < 4.78 is 1.83. The highest BCUT2D eigenvalue weighted by molar-refractivity contribution is 7.99. The number of aromatic nitrogens is 2. The summed E-state index contributed by atoms with van der Waals surface area (Å²) in [5.41, 5.74) is 1.81. The molecule has 1 aromatic heterocycles. The highest BCUT2D eigenvalue weighted by Crippen LogP contribution is 2.34. The molecule has 0 fully saturated rings. The molecule has 2 aromatic rings. The van der Waals surface area contributed by atoms with E-state index in [0.29, 0.717) is 5.02 Å². The van der Waals surface area contributed by atoms with Gasteiger partial charge in [0.15, 0.2) is 0 Å². The van der Waals surface area contributed by atoms with Crippen LogP contribution in [0.2, 0.25) is 5.02 Å². The molecule has 0 radical (unpaired) electrons. The Bertz CT molecular complexity index is 566. The van der Waals surface area contributed by atoms with E-state index in [2.05, 4.69) is 5.10 Å². The second-order valence-corrected chi connectivity index (χ2v) is 5.68. The van der Waals surface area contributed by atoms with Gasteiger partial charge in [-0.3, -0.25) is 4.68 Å². The zero-order valence-corrected chi connectivity index (χ0v) is 12.1. The summed E-state index contributed by atoms with van der Waals surface area (Å²) in [4.78, 5) is 0.962. The van der Waals surface area contributed by atoms with Crippen molar-refractivity contribution >= 4 is 23.4 Å². The van der Waals surface area contributed by atoms with Gasteiger partial charge in [-0.25, -0.2) is 0 Å². The van der Waals surface area contributed by atoms with Gasteiger partial charge in [-0.05, 0) is 37.6 Å². The molecule has 1 unspecified atom stereocenters. The Balaban J connectivity index is 2.27. The molecule has 0 saturated carbocycles. The average Bonchev–Trinajstić information content (AvgIpc) is 2.60. The smallest absolute Gasteiger partial charge is 0.0987 e. The Labute approximate surface area is 116 Å². The number of nitrogens with zero attached hydrogens (tertiary/aromatic N) is 2. The molecule has 18 heavy (non-hydrogen) atoms. The Hall–Kier alpha value is -0.970. The van der Waals surface area contributed by atoms with Crippen LogP contribution in [-0.2, 0) is 7.05 Å². The van der Waals surface area contributed by atoms with Crippen molar-refractivity contribution in [3.8, 4) is 0 Å². The molecule has 1 heterocycles. The SMILES string of the molecule is Cc1cc(Sc2ccc(C(C)O)cc2Cl)n(C)n1. The van der Waals surface area contributed by atoms with Crippen molar-refractivity contribution in [1.82, 2.24) is 9.78 Å². The quantitative estimate of drug-likeness (QED) is 0.935. The van der Waals surface area contributed by atoms with Crippen LogP contribution in [0.4, 0.5) is 0 Å². The molecule has 0 bridgehead atoms. The Kier molecular flexibility index (Phi) is 4.00. The van der Waals surface area contributed by atoms with Crippen LogP contribution in [0.5, 0.6) is 0 Å². The number of aryl methyl sites for hydroxylation is 2. The first kappa shape index (κ1) is 13.5. The summed E-state index contributed by atoms with van der Waals surface area (Å²) >= 11 is 7.79. The highest BCUT2D eigenvalue weighted by atomic mass is 35.5. The Morgan fingerprint density at radius 3 is 2.61 bits per heavy atom. The van der Waals surface area contributed by atoms with Crippen LogP contribution in [-0.4, -0.2) is 14.9 Å². The first-order valence-electron chi connectivity index (χ1n) is 5.63. The van der Waals surface area contributed by atoms with Crippen LogP contribution < -0.4 is 0 Å². The summed E-state index contributed by atoms with van der Waals surface area (Å²) in [6, 6.07) is 7.64. The monoisotopic (exact) mass is 282 g/mol. The number of benzene rings is 1. The number of aliphatic hydroxyl groups is 1. The maximum Gasteiger partial charge on any atom is 0.0987 e. The van der Waals surface area contributed by atoms with Gasteiger partial charge in [0.1, 0.15) is 0 Å². The molecule has 1 aromatic carbocycles. The molecule has 2 rings (SSSR count). The van der Waals surface area contributed by atoms with E-state index < -0.39 is 6.10 Å². The van der Waals surface area contributed by atoms with Gasteiger partial charge in [0.2, 0.25) is 0 Å². The van der Waals surface area contributed by atoms with Gasteiger partial charge in [0.05, 0.1) is 21.8 Å². The lowest BCUT2D eigenvalue weighted by Gasteiger charge is -2.08. The van der Waals surface area contributed by atoms with E-state index in [9.17, 15) is 5.11 Å². The second kappa shape index (κ2) is 5.34. The fourth-order valence-corrected chi connectivity index (χ4v) is 2.88. The molecule has 0 aliphatic rings. The van der Waals surface area contributed by atoms with E-state index in [-0.39, 0.29) is 0 Å². The lowest BCUT2D eigenvalue weighted by molar-refractivity contribution is 0.199. The first-order chi connectivity index (χ1) is 8.47. The second-order valence-electron chi connectivity index (χ2n) is 4.22. The van der Waals surface area contributed by atoms with Gasteiger partial charge in [-0.15, -0.1) is 0 Å². The largest absolute Gasteiger partial charge is 0.389 e. The molecular formula is C13H15ClN2OS. The first-order valence-corrected chi connectivity index (χ1v) is 6.83. The third kappa shape index (κ3) is 2.88. The molecule has 0 aliphatic heterocycles. The number of hydrogen-bond donors (Lipinski definition) is 1. The zero-order valence-electron chi connectivity index (χ0n) is 10.5. The van der Waals surface area contributed by atoms with E-state index in [1.54, 1.807) is 24.8 Å². The van der Waals surface area contributed by atoms with Gasteiger partial charge in [0.25, 0.3) is 0 Å². The van der Waals surface area contributed by atoms with Crippen molar-refractivity contribution < 1.29 is 5.11 Å². The van der Waals surface area contributed by atoms with E-state index in [1.807, 2.05) is 36.9 Å². The molecule has 0 spiro atoms. The van der Waals surface area contributed by atoms with Crippen LogP contribution in [0.1, 0.15) is 24.3 Å². The van der Waals surface area contributed by atoms with Gasteiger partial charge in [-0.1, -0.05) is 29.4 Å². The maximum absolute atomic E-state index is 9.50. The maximum atomic E-state index is 9.50. The molecular weight excluding hydrogens is 268 g/mol. The summed E-state index contributed by atoms with van der Waals surface area (Å²) in [5.74, 6) is 0. The van der Waals surface area contributed by atoms with Crippen molar-refractivity contribution in [3.63, 3.8) is 0 Å². The van der Waals surface area contributed by atoms with Gasteiger partial charge in [-0.2, -0.15) is 5.10 Å². The van der Waals surface area contributed by atoms with Crippen LogP contribution in [0.15, 0.2) is 34.2 Å². The van der Waals surface area contributed by atoms with Gasteiger partial charge in [0, 0.05) is 11.9 Å². The van der Waals surface area contributed by atoms with Crippen molar-refractivity contribution in [1.29, 1.82) is 0 Å². The van der Waals surface area contributed by atoms with Crippen molar-refractivity contribution in [2.45, 2.75) is 29.9 Å². The van der Waals surface area contributed by atoms with Crippen LogP contribution >= 0.6 is 23.4 Å². The topological polar surface area (TPSA) is 38.0 Å². The summed E-state index contributed by atoms with van der Waals surface area (Å²) in [5, 5.41) is 15.5. The van der Waals surface area contributed by atoms with Gasteiger partial charge < -0.3 is 5.11 Å². The van der Waals surface area contributed by atoms with Crippen LogP contribution in [0.25, 0.3) is 0 Å². The molecule has 96 valence electrons. The normalized spacial score (nSPS) is 12.7. The fraction of sp³-hybridized carbons (Fsp3) is 0.308.